The standard InChI is InChI=1S/C12H21N3O4/c1-8(3-4-10(16)17)7-14-12(19)15-6-5-13-11(18)9(15)2/h8-9H,3-7H2,1-2H3,(H,13,18)(H,14,19)(H,16,17). The van der Waals surface area contributed by atoms with Gasteiger partial charge < -0.3 is 20.6 Å². The van der Waals surface area contributed by atoms with Crippen molar-refractivity contribution in [2.45, 2.75) is 32.7 Å². The molecule has 0 bridgehead atoms. The maximum atomic E-state index is 11.9. The Labute approximate surface area is 112 Å². The van der Waals surface area contributed by atoms with E-state index in [4.69, 9.17) is 5.11 Å². The monoisotopic (exact) mass is 271 g/mol. The molecule has 1 aliphatic rings. The van der Waals surface area contributed by atoms with Crippen LogP contribution in [0.2, 0.25) is 0 Å². The molecular formula is C12H21N3O4. The van der Waals surface area contributed by atoms with Gasteiger partial charge in [0.1, 0.15) is 6.04 Å². The summed E-state index contributed by atoms with van der Waals surface area (Å²) in [5.41, 5.74) is 0. The van der Waals surface area contributed by atoms with Gasteiger partial charge in [0.05, 0.1) is 0 Å². The van der Waals surface area contributed by atoms with E-state index in [0.29, 0.717) is 26.1 Å². The summed E-state index contributed by atoms with van der Waals surface area (Å²) in [7, 11) is 0. The third-order valence-corrected chi connectivity index (χ3v) is 3.21. The highest BCUT2D eigenvalue weighted by molar-refractivity contribution is 5.87. The van der Waals surface area contributed by atoms with E-state index < -0.39 is 12.0 Å². The van der Waals surface area contributed by atoms with Crippen LogP contribution in [0.15, 0.2) is 0 Å². The largest absolute Gasteiger partial charge is 0.481 e. The minimum atomic E-state index is -0.834. The molecule has 1 rings (SSSR count). The number of carboxylic acid groups (broad SMARTS) is 1. The van der Waals surface area contributed by atoms with Gasteiger partial charge >= 0.3 is 12.0 Å². The van der Waals surface area contributed by atoms with Gasteiger partial charge in [-0.3, -0.25) is 9.59 Å². The van der Waals surface area contributed by atoms with E-state index in [2.05, 4.69) is 10.6 Å². The summed E-state index contributed by atoms with van der Waals surface area (Å²) in [6, 6.07) is -0.743. The maximum absolute atomic E-state index is 11.9. The summed E-state index contributed by atoms with van der Waals surface area (Å²) in [5.74, 6) is -0.895. The number of carboxylic acids is 1. The van der Waals surface area contributed by atoms with Crippen LogP contribution in [0.3, 0.4) is 0 Å². The number of piperazine rings is 1. The average molecular weight is 271 g/mol. The minimum absolute atomic E-state index is 0.0916. The molecule has 0 saturated carbocycles. The molecule has 3 N–H and O–H groups in total. The van der Waals surface area contributed by atoms with Crippen molar-refractivity contribution in [2.24, 2.45) is 5.92 Å². The van der Waals surface area contributed by atoms with Gasteiger partial charge in [-0.05, 0) is 19.3 Å². The Balaban J connectivity index is 2.34. The molecule has 7 heteroatoms. The van der Waals surface area contributed by atoms with E-state index in [1.54, 1.807) is 6.92 Å². The van der Waals surface area contributed by atoms with Crippen LogP contribution in [0.5, 0.6) is 0 Å². The molecule has 2 unspecified atom stereocenters. The number of nitrogens with zero attached hydrogens (tertiary/aromatic N) is 1. The number of carbonyl (C=O) groups is 3. The van der Waals surface area contributed by atoms with Crippen LogP contribution < -0.4 is 10.6 Å². The van der Waals surface area contributed by atoms with Crippen molar-refractivity contribution >= 4 is 17.9 Å². The van der Waals surface area contributed by atoms with Gasteiger partial charge in [-0.25, -0.2) is 4.79 Å². The third-order valence-electron chi connectivity index (χ3n) is 3.21. The number of rotatable bonds is 5. The molecule has 0 aromatic carbocycles. The summed E-state index contributed by atoms with van der Waals surface area (Å²) in [4.78, 5) is 35.3. The van der Waals surface area contributed by atoms with Crippen LogP contribution in [0.1, 0.15) is 26.7 Å². The Morgan fingerprint density at radius 1 is 1.58 bits per heavy atom. The first-order chi connectivity index (χ1) is 8.91. The zero-order chi connectivity index (χ0) is 14.4. The molecule has 0 aliphatic carbocycles. The van der Waals surface area contributed by atoms with Gasteiger partial charge in [-0.1, -0.05) is 6.92 Å². The molecule has 0 radical (unpaired) electrons. The molecule has 108 valence electrons. The van der Waals surface area contributed by atoms with E-state index in [1.807, 2.05) is 6.92 Å². The van der Waals surface area contributed by atoms with Gasteiger partial charge in [0.15, 0.2) is 0 Å². The SMILES string of the molecule is CC(CCC(=O)O)CNC(=O)N1CCNC(=O)C1C. The predicted octanol–water partition coefficient (Wildman–Crippen LogP) is 0.0172. The molecule has 0 aromatic heterocycles. The second-order valence-electron chi connectivity index (χ2n) is 4.88. The summed E-state index contributed by atoms with van der Waals surface area (Å²) >= 11 is 0. The Kier molecular flexibility index (Phi) is 5.59. The van der Waals surface area contributed by atoms with Gasteiger partial charge in [-0.2, -0.15) is 0 Å². The first-order valence-corrected chi connectivity index (χ1v) is 6.45. The molecule has 3 amide bonds. The molecule has 7 nitrogen and oxygen atoms in total. The van der Waals surface area contributed by atoms with Gasteiger partial charge in [0.2, 0.25) is 5.91 Å². The fourth-order valence-corrected chi connectivity index (χ4v) is 1.89. The first kappa shape index (κ1) is 15.3. The Morgan fingerprint density at radius 2 is 2.26 bits per heavy atom. The van der Waals surface area contributed by atoms with Crippen LogP contribution in [0, 0.1) is 5.92 Å². The van der Waals surface area contributed by atoms with E-state index in [1.165, 1.54) is 4.90 Å². The number of amides is 3. The number of hydrogen-bond donors (Lipinski definition) is 3. The Morgan fingerprint density at radius 3 is 2.89 bits per heavy atom. The number of aliphatic carboxylic acids is 1. The second kappa shape index (κ2) is 6.96. The number of hydrogen-bond acceptors (Lipinski definition) is 3. The van der Waals surface area contributed by atoms with Crippen molar-refractivity contribution in [1.29, 1.82) is 0 Å². The van der Waals surface area contributed by atoms with Crippen molar-refractivity contribution < 1.29 is 19.5 Å². The lowest BCUT2D eigenvalue weighted by Crippen LogP contribution is -2.58. The smallest absolute Gasteiger partial charge is 0.318 e. The minimum Gasteiger partial charge on any atom is -0.481 e. The molecule has 19 heavy (non-hydrogen) atoms. The highest BCUT2D eigenvalue weighted by Gasteiger charge is 2.29. The summed E-state index contributed by atoms with van der Waals surface area (Å²) in [6.45, 7) is 4.93. The molecule has 0 spiro atoms. The molecular weight excluding hydrogens is 250 g/mol. The van der Waals surface area contributed by atoms with Crippen LogP contribution in [-0.4, -0.2) is 53.6 Å². The topological polar surface area (TPSA) is 98.7 Å². The zero-order valence-corrected chi connectivity index (χ0v) is 11.3. The van der Waals surface area contributed by atoms with Gasteiger partial charge in [0.25, 0.3) is 0 Å². The van der Waals surface area contributed by atoms with Crippen molar-refractivity contribution in [2.75, 3.05) is 19.6 Å². The Bertz CT molecular complexity index is 359. The predicted molar refractivity (Wildman–Crippen MR) is 68.6 cm³/mol. The van der Waals surface area contributed by atoms with E-state index >= 15 is 0 Å². The van der Waals surface area contributed by atoms with Crippen molar-refractivity contribution in [3.05, 3.63) is 0 Å². The van der Waals surface area contributed by atoms with Crippen molar-refractivity contribution in [1.82, 2.24) is 15.5 Å². The third kappa shape index (κ3) is 4.76. The normalized spacial score (nSPS) is 20.6. The van der Waals surface area contributed by atoms with Crippen molar-refractivity contribution in [3.8, 4) is 0 Å². The average Bonchev–Trinajstić information content (AvgIpc) is 2.36. The lowest BCUT2D eigenvalue weighted by atomic mass is 10.1. The fraction of sp³-hybridized carbons (Fsp3) is 0.750. The first-order valence-electron chi connectivity index (χ1n) is 6.45. The molecule has 1 saturated heterocycles. The van der Waals surface area contributed by atoms with Gasteiger partial charge in [-0.15, -0.1) is 0 Å². The zero-order valence-electron chi connectivity index (χ0n) is 11.3. The van der Waals surface area contributed by atoms with Gasteiger partial charge in [0, 0.05) is 26.1 Å². The van der Waals surface area contributed by atoms with E-state index in [-0.39, 0.29) is 24.3 Å². The molecule has 2 atom stereocenters. The molecule has 0 aromatic rings. The highest BCUT2D eigenvalue weighted by atomic mass is 16.4. The second-order valence-corrected chi connectivity index (χ2v) is 4.88. The van der Waals surface area contributed by atoms with E-state index in [0.717, 1.165) is 0 Å². The van der Waals surface area contributed by atoms with Crippen LogP contribution in [-0.2, 0) is 9.59 Å². The lowest BCUT2D eigenvalue weighted by molar-refractivity contribution is -0.137. The molecule has 1 heterocycles. The summed E-state index contributed by atoms with van der Waals surface area (Å²) in [5, 5.41) is 14.0. The van der Waals surface area contributed by atoms with Crippen molar-refractivity contribution in [3.63, 3.8) is 0 Å². The summed E-state index contributed by atoms with van der Waals surface area (Å²) < 4.78 is 0. The molecule has 1 fully saturated rings. The molecule has 1 aliphatic heterocycles. The van der Waals surface area contributed by atoms with Crippen LogP contribution in [0.25, 0.3) is 0 Å². The summed E-state index contributed by atoms with van der Waals surface area (Å²) in [6.07, 6.45) is 0.616. The fourth-order valence-electron chi connectivity index (χ4n) is 1.89. The highest BCUT2D eigenvalue weighted by Crippen LogP contribution is 2.06. The number of nitrogens with one attached hydrogen (secondary N) is 2. The quantitative estimate of drug-likeness (QED) is 0.656. The van der Waals surface area contributed by atoms with Crippen LogP contribution >= 0.6 is 0 Å². The number of urea groups is 1. The van der Waals surface area contributed by atoms with E-state index in [9.17, 15) is 14.4 Å². The number of carbonyl (C=O) groups excluding carboxylic acids is 2. The Hall–Kier alpha value is -1.79. The van der Waals surface area contributed by atoms with Crippen LogP contribution in [0.4, 0.5) is 4.79 Å². The maximum Gasteiger partial charge on any atom is 0.318 e. The lowest BCUT2D eigenvalue weighted by Gasteiger charge is -2.33.